The largest absolute Gasteiger partial charge is 0.497 e. The normalized spacial score (nSPS) is 10.2. The number of nitrogens with zero attached hydrogens (tertiary/aromatic N) is 2. The molecule has 3 aromatic rings. The number of rotatable bonds is 7. The van der Waals surface area contributed by atoms with Gasteiger partial charge in [-0.1, -0.05) is 0 Å². The van der Waals surface area contributed by atoms with E-state index in [0.717, 1.165) is 0 Å². The Labute approximate surface area is 150 Å². The Hall–Kier alpha value is -3.55. The van der Waals surface area contributed by atoms with Gasteiger partial charge in [-0.3, -0.25) is 4.79 Å². The highest BCUT2D eigenvalue weighted by molar-refractivity contribution is 5.92. The van der Waals surface area contributed by atoms with Gasteiger partial charge in [-0.2, -0.15) is 0 Å². The Balaban J connectivity index is 1.65. The molecule has 1 aromatic carbocycles. The molecule has 8 nitrogen and oxygen atoms in total. The molecule has 0 atom stereocenters. The average molecular weight is 354 g/mol. The number of hydrogen-bond donors (Lipinski definition) is 2. The summed E-state index contributed by atoms with van der Waals surface area (Å²) in [5.41, 5.74) is 0.918. The van der Waals surface area contributed by atoms with Gasteiger partial charge in [-0.15, -0.1) is 0 Å². The van der Waals surface area contributed by atoms with E-state index in [-0.39, 0.29) is 18.1 Å². The number of carbonyl (C=O) groups is 1. The number of amides is 1. The summed E-state index contributed by atoms with van der Waals surface area (Å²) >= 11 is 0. The van der Waals surface area contributed by atoms with E-state index in [4.69, 9.17) is 13.9 Å². The van der Waals surface area contributed by atoms with Crippen molar-refractivity contribution in [3.05, 3.63) is 60.4 Å². The lowest BCUT2D eigenvalue weighted by atomic mass is 10.2. The van der Waals surface area contributed by atoms with E-state index < -0.39 is 0 Å². The molecule has 8 heteroatoms. The van der Waals surface area contributed by atoms with Crippen molar-refractivity contribution in [3.63, 3.8) is 0 Å². The molecule has 0 bridgehead atoms. The molecule has 2 heterocycles. The van der Waals surface area contributed by atoms with Gasteiger partial charge in [0.15, 0.2) is 0 Å². The van der Waals surface area contributed by atoms with Crippen LogP contribution in [0.15, 0.2) is 53.4 Å². The molecule has 0 spiro atoms. The van der Waals surface area contributed by atoms with Crippen molar-refractivity contribution in [1.29, 1.82) is 0 Å². The van der Waals surface area contributed by atoms with Crippen molar-refractivity contribution < 1.29 is 18.7 Å². The number of hydrogen-bond acceptors (Lipinski definition) is 7. The molecular weight excluding hydrogens is 336 g/mol. The Morgan fingerprint density at radius 3 is 2.69 bits per heavy atom. The molecule has 0 radical (unpaired) electrons. The lowest BCUT2D eigenvalue weighted by Gasteiger charge is -2.12. The van der Waals surface area contributed by atoms with Crippen LogP contribution in [0.3, 0.4) is 0 Å². The number of nitrogens with one attached hydrogen (secondary N) is 2. The summed E-state index contributed by atoms with van der Waals surface area (Å²) in [5, 5.41) is 5.81. The van der Waals surface area contributed by atoms with E-state index in [9.17, 15) is 4.79 Å². The zero-order chi connectivity index (χ0) is 18.4. The first kappa shape index (κ1) is 17.3. The van der Waals surface area contributed by atoms with Gasteiger partial charge in [0.05, 0.1) is 45.1 Å². The monoisotopic (exact) mass is 354 g/mol. The first-order chi connectivity index (χ1) is 12.7. The Morgan fingerprint density at radius 2 is 2.04 bits per heavy atom. The number of methoxy groups -OCH3 is 2. The lowest BCUT2D eigenvalue weighted by Crippen LogP contribution is -2.23. The van der Waals surface area contributed by atoms with Crippen molar-refractivity contribution in [2.75, 3.05) is 19.5 Å². The number of benzene rings is 1. The molecule has 1 amide bonds. The predicted octanol–water partition coefficient (Wildman–Crippen LogP) is 2.76. The van der Waals surface area contributed by atoms with Crippen LogP contribution in [0.2, 0.25) is 0 Å². The van der Waals surface area contributed by atoms with Crippen molar-refractivity contribution in [3.8, 4) is 11.5 Å². The second-order valence-corrected chi connectivity index (χ2v) is 5.24. The van der Waals surface area contributed by atoms with Crippen molar-refractivity contribution in [1.82, 2.24) is 15.3 Å². The molecule has 0 fully saturated rings. The maximum atomic E-state index is 12.1. The Bertz CT molecular complexity index is 863. The zero-order valence-electron chi connectivity index (χ0n) is 14.4. The van der Waals surface area contributed by atoms with Crippen LogP contribution in [0.4, 0.5) is 11.5 Å². The smallest absolute Gasteiger partial charge is 0.271 e. The van der Waals surface area contributed by atoms with Crippen LogP contribution in [0.25, 0.3) is 0 Å². The number of ether oxygens (including phenoxy) is 2. The number of furan rings is 1. The molecule has 2 aromatic heterocycles. The van der Waals surface area contributed by atoms with Gasteiger partial charge >= 0.3 is 0 Å². The van der Waals surface area contributed by atoms with Gasteiger partial charge in [0.2, 0.25) is 0 Å². The standard InChI is InChI=1S/C18H18N4O4/c1-24-12-5-6-14(16(8-12)25-2)22-17-11-19-15(10-20-17)18(23)21-9-13-4-3-7-26-13/h3-8,10-11H,9H2,1-2H3,(H,20,22)(H,21,23). The predicted molar refractivity (Wildman–Crippen MR) is 94.7 cm³/mol. The fraction of sp³-hybridized carbons (Fsp3) is 0.167. The van der Waals surface area contributed by atoms with Crippen LogP contribution >= 0.6 is 0 Å². The summed E-state index contributed by atoms with van der Waals surface area (Å²) in [4.78, 5) is 20.4. The van der Waals surface area contributed by atoms with Crippen LogP contribution in [0.1, 0.15) is 16.2 Å². The summed E-state index contributed by atoms with van der Waals surface area (Å²) in [6, 6.07) is 8.90. The van der Waals surface area contributed by atoms with E-state index in [1.54, 1.807) is 44.7 Å². The van der Waals surface area contributed by atoms with Crippen LogP contribution in [-0.4, -0.2) is 30.1 Å². The minimum Gasteiger partial charge on any atom is -0.497 e. The van der Waals surface area contributed by atoms with E-state index in [1.807, 2.05) is 6.07 Å². The first-order valence-corrected chi connectivity index (χ1v) is 7.81. The molecule has 2 N–H and O–H groups in total. The van der Waals surface area contributed by atoms with E-state index in [0.29, 0.717) is 28.8 Å². The number of aromatic nitrogens is 2. The number of carbonyl (C=O) groups excluding carboxylic acids is 1. The third kappa shape index (κ3) is 4.10. The summed E-state index contributed by atoms with van der Waals surface area (Å²) in [5.74, 6) is 2.10. The van der Waals surface area contributed by atoms with Gasteiger partial charge in [0.1, 0.15) is 28.8 Å². The molecule has 134 valence electrons. The summed E-state index contributed by atoms with van der Waals surface area (Å²) in [7, 11) is 3.15. The fourth-order valence-electron chi connectivity index (χ4n) is 2.22. The lowest BCUT2D eigenvalue weighted by molar-refractivity contribution is 0.0942. The van der Waals surface area contributed by atoms with Crippen molar-refractivity contribution >= 4 is 17.4 Å². The third-order valence-corrected chi connectivity index (χ3v) is 3.56. The molecular formula is C18H18N4O4. The van der Waals surface area contributed by atoms with E-state index in [2.05, 4.69) is 20.6 Å². The van der Waals surface area contributed by atoms with Crippen LogP contribution in [0, 0.1) is 0 Å². The maximum Gasteiger partial charge on any atom is 0.271 e. The summed E-state index contributed by atoms with van der Waals surface area (Å²) in [6.45, 7) is 0.288. The highest BCUT2D eigenvalue weighted by atomic mass is 16.5. The SMILES string of the molecule is COc1ccc(Nc2cnc(C(=O)NCc3ccco3)cn2)c(OC)c1. The second-order valence-electron chi connectivity index (χ2n) is 5.24. The van der Waals surface area contributed by atoms with Gasteiger partial charge < -0.3 is 24.5 Å². The average Bonchev–Trinajstić information content (AvgIpc) is 3.20. The van der Waals surface area contributed by atoms with Crippen LogP contribution < -0.4 is 20.1 Å². The Kier molecular flexibility index (Phi) is 5.33. The number of anilines is 2. The molecule has 0 saturated heterocycles. The highest BCUT2D eigenvalue weighted by Crippen LogP contribution is 2.30. The minimum atomic E-state index is -0.331. The molecule has 26 heavy (non-hydrogen) atoms. The van der Waals surface area contributed by atoms with Crippen LogP contribution in [0.5, 0.6) is 11.5 Å². The van der Waals surface area contributed by atoms with E-state index in [1.165, 1.54) is 12.4 Å². The molecule has 0 aliphatic heterocycles. The summed E-state index contributed by atoms with van der Waals surface area (Å²) < 4.78 is 15.7. The van der Waals surface area contributed by atoms with Crippen LogP contribution in [-0.2, 0) is 6.54 Å². The van der Waals surface area contributed by atoms with Crippen molar-refractivity contribution in [2.45, 2.75) is 6.54 Å². The van der Waals surface area contributed by atoms with Crippen molar-refractivity contribution in [2.24, 2.45) is 0 Å². The van der Waals surface area contributed by atoms with E-state index >= 15 is 0 Å². The molecule has 0 saturated carbocycles. The van der Waals surface area contributed by atoms with Gasteiger partial charge in [0.25, 0.3) is 5.91 Å². The molecule has 0 aliphatic carbocycles. The second kappa shape index (κ2) is 8.02. The molecule has 3 rings (SSSR count). The third-order valence-electron chi connectivity index (χ3n) is 3.56. The minimum absolute atomic E-state index is 0.212. The fourth-order valence-corrected chi connectivity index (χ4v) is 2.22. The first-order valence-electron chi connectivity index (χ1n) is 7.81. The van der Waals surface area contributed by atoms with Gasteiger partial charge in [0, 0.05) is 6.07 Å². The topological polar surface area (TPSA) is 98.5 Å². The van der Waals surface area contributed by atoms with Gasteiger partial charge in [-0.25, -0.2) is 9.97 Å². The Morgan fingerprint density at radius 1 is 1.15 bits per heavy atom. The summed E-state index contributed by atoms with van der Waals surface area (Å²) in [6.07, 6.45) is 4.43. The maximum absolute atomic E-state index is 12.1. The highest BCUT2D eigenvalue weighted by Gasteiger charge is 2.10. The quantitative estimate of drug-likeness (QED) is 0.673. The molecule has 0 unspecified atom stereocenters. The zero-order valence-corrected chi connectivity index (χ0v) is 14.4. The van der Waals surface area contributed by atoms with Gasteiger partial charge in [-0.05, 0) is 24.3 Å². The molecule has 0 aliphatic rings.